The molecule has 150 valence electrons. The van der Waals surface area contributed by atoms with Gasteiger partial charge in [0.2, 0.25) is 0 Å². The van der Waals surface area contributed by atoms with E-state index in [1.807, 2.05) is 6.07 Å². The second-order valence-electron chi connectivity index (χ2n) is 6.17. The van der Waals surface area contributed by atoms with Crippen molar-refractivity contribution in [1.82, 2.24) is 4.90 Å². The number of carbonyl (C=O) groups excluding carboxylic acids is 2. The highest BCUT2D eigenvalue weighted by molar-refractivity contribution is 7.80. The summed E-state index contributed by atoms with van der Waals surface area (Å²) in [5.41, 5.74) is 1.71. The second-order valence-corrected chi connectivity index (χ2v) is 6.53. The van der Waals surface area contributed by atoms with Gasteiger partial charge in [-0.2, -0.15) is 0 Å². The number of para-hydroxylation sites is 1. The molecule has 7 nitrogen and oxygen atoms in total. The number of esters is 1. The maximum absolute atomic E-state index is 13.2. The van der Waals surface area contributed by atoms with Gasteiger partial charge in [-0.3, -0.25) is 9.69 Å². The molecule has 2 aromatic rings. The zero-order valence-corrected chi connectivity index (χ0v) is 16.8. The predicted octanol–water partition coefficient (Wildman–Crippen LogP) is 2.45. The number of aliphatic hydroxyl groups is 1. The third kappa shape index (κ3) is 4.13. The largest absolute Gasteiger partial charge is 0.491 e. The van der Waals surface area contributed by atoms with Gasteiger partial charge in [0.25, 0.3) is 5.91 Å². The number of benzene rings is 2. The second kappa shape index (κ2) is 8.85. The Morgan fingerprint density at radius 1 is 1.21 bits per heavy atom. The Balaban J connectivity index is 1.97. The number of anilines is 1. The lowest BCUT2D eigenvalue weighted by Gasteiger charge is -2.18. The van der Waals surface area contributed by atoms with Crippen LogP contribution in [0.3, 0.4) is 0 Å². The van der Waals surface area contributed by atoms with Gasteiger partial charge in [0.15, 0.2) is 5.11 Å². The smallest absolute Gasteiger partial charge is 0.339 e. The Bertz CT molecular complexity index is 989. The summed E-state index contributed by atoms with van der Waals surface area (Å²) in [6.07, 6.45) is 1.70. The standard InChI is InChI=1S/C21H20N2O5S/c1-22-18(13-14-6-5-7-15(12-14)28-11-10-24)19(25)23(21(22)29)17-9-4-3-8-16(17)20(26)27-2/h3-9,12-13,24H,10-11H2,1-2H3. The SMILES string of the molecule is COC(=O)c1ccccc1N1C(=O)C(=Cc2cccc(OCCO)c2)N(C)C1=S. The maximum atomic E-state index is 13.2. The Kier molecular flexibility index (Phi) is 6.26. The van der Waals surface area contributed by atoms with E-state index in [-0.39, 0.29) is 29.8 Å². The quantitative estimate of drug-likeness (QED) is 0.444. The number of thiocarbonyl (C=S) groups is 1. The van der Waals surface area contributed by atoms with Crippen molar-refractivity contribution in [2.24, 2.45) is 0 Å². The Morgan fingerprint density at radius 3 is 2.69 bits per heavy atom. The van der Waals surface area contributed by atoms with Crippen molar-refractivity contribution in [1.29, 1.82) is 0 Å². The van der Waals surface area contributed by atoms with Gasteiger partial charge in [0.05, 0.1) is 25.0 Å². The summed E-state index contributed by atoms with van der Waals surface area (Å²) in [7, 11) is 2.98. The molecule has 2 aromatic carbocycles. The molecule has 1 amide bonds. The van der Waals surface area contributed by atoms with Gasteiger partial charge in [-0.15, -0.1) is 0 Å². The first kappa shape index (κ1) is 20.5. The minimum atomic E-state index is -0.551. The minimum Gasteiger partial charge on any atom is -0.491 e. The Morgan fingerprint density at radius 2 is 1.97 bits per heavy atom. The highest BCUT2D eigenvalue weighted by atomic mass is 32.1. The number of carbonyl (C=O) groups is 2. The summed E-state index contributed by atoms with van der Waals surface area (Å²) < 4.78 is 10.2. The van der Waals surface area contributed by atoms with E-state index >= 15 is 0 Å². The van der Waals surface area contributed by atoms with E-state index in [4.69, 9.17) is 26.8 Å². The minimum absolute atomic E-state index is 0.0879. The molecule has 0 spiro atoms. The number of amides is 1. The number of hydrogen-bond donors (Lipinski definition) is 1. The lowest BCUT2D eigenvalue weighted by Crippen LogP contribution is -2.32. The van der Waals surface area contributed by atoms with Crippen molar-refractivity contribution < 1.29 is 24.2 Å². The third-order valence-corrected chi connectivity index (χ3v) is 4.79. The fraction of sp³-hybridized carbons (Fsp3) is 0.190. The van der Waals surface area contributed by atoms with E-state index in [1.165, 1.54) is 12.0 Å². The van der Waals surface area contributed by atoms with E-state index in [0.29, 0.717) is 17.1 Å². The lowest BCUT2D eigenvalue weighted by atomic mass is 10.1. The molecular formula is C21H20N2O5S. The zero-order valence-electron chi connectivity index (χ0n) is 16.0. The first-order valence-electron chi connectivity index (χ1n) is 8.83. The molecule has 1 N–H and O–H groups in total. The number of likely N-dealkylation sites (N-methyl/N-ethyl adjacent to an activating group) is 1. The molecule has 3 rings (SSSR count). The number of aliphatic hydroxyl groups excluding tert-OH is 1. The van der Waals surface area contributed by atoms with Crippen LogP contribution < -0.4 is 9.64 Å². The lowest BCUT2D eigenvalue weighted by molar-refractivity contribution is -0.114. The van der Waals surface area contributed by atoms with Crippen LogP contribution in [0.2, 0.25) is 0 Å². The molecule has 8 heteroatoms. The number of methoxy groups -OCH3 is 1. The van der Waals surface area contributed by atoms with Gasteiger partial charge in [0.1, 0.15) is 18.1 Å². The molecule has 1 heterocycles. The molecule has 1 saturated heterocycles. The van der Waals surface area contributed by atoms with Crippen LogP contribution in [0, 0.1) is 0 Å². The van der Waals surface area contributed by atoms with Crippen molar-refractivity contribution in [2.45, 2.75) is 0 Å². The monoisotopic (exact) mass is 412 g/mol. The van der Waals surface area contributed by atoms with Gasteiger partial charge in [-0.1, -0.05) is 24.3 Å². The summed E-state index contributed by atoms with van der Waals surface area (Å²) in [6.45, 7) is 0.0937. The number of hydrogen-bond acceptors (Lipinski definition) is 6. The molecule has 1 fully saturated rings. The van der Waals surface area contributed by atoms with Crippen molar-refractivity contribution in [2.75, 3.05) is 32.3 Å². The van der Waals surface area contributed by atoms with Crippen molar-refractivity contribution >= 4 is 41.0 Å². The Labute approximate surface area is 173 Å². The van der Waals surface area contributed by atoms with Crippen LogP contribution in [-0.2, 0) is 9.53 Å². The molecule has 0 atom stereocenters. The van der Waals surface area contributed by atoms with Crippen molar-refractivity contribution in [3.05, 3.63) is 65.4 Å². The molecule has 1 aliphatic rings. The Hall–Kier alpha value is -3.23. The van der Waals surface area contributed by atoms with Gasteiger partial charge in [0, 0.05) is 7.05 Å². The molecule has 0 bridgehead atoms. The summed E-state index contributed by atoms with van der Waals surface area (Å²) in [5.74, 6) is -0.322. The molecule has 0 radical (unpaired) electrons. The number of ether oxygens (including phenoxy) is 2. The summed E-state index contributed by atoms with van der Waals surface area (Å²) >= 11 is 5.47. The van der Waals surface area contributed by atoms with Crippen LogP contribution in [-0.4, -0.2) is 54.4 Å². The first-order chi connectivity index (χ1) is 14.0. The van der Waals surface area contributed by atoms with Crippen LogP contribution in [0.15, 0.2) is 54.2 Å². The maximum Gasteiger partial charge on any atom is 0.339 e. The summed E-state index contributed by atoms with van der Waals surface area (Å²) in [5, 5.41) is 9.16. The van der Waals surface area contributed by atoms with E-state index in [1.54, 1.807) is 60.5 Å². The predicted molar refractivity (Wildman–Crippen MR) is 113 cm³/mol. The first-order valence-corrected chi connectivity index (χ1v) is 9.23. The fourth-order valence-corrected chi connectivity index (χ4v) is 3.22. The third-order valence-electron chi connectivity index (χ3n) is 4.33. The molecular weight excluding hydrogens is 392 g/mol. The van der Waals surface area contributed by atoms with Crippen molar-refractivity contribution in [3.63, 3.8) is 0 Å². The molecule has 0 aliphatic carbocycles. The zero-order chi connectivity index (χ0) is 21.0. The number of rotatable bonds is 6. The fourth-order valence-electron chi connectivity index (χ4n) is 2.94. The van der Waals surface area contributed by atoms with Crippen LogP contribution in [0.25, 0.3) is 6.08 Å². The van der Waals surface area contributed by atoms with E-state index in [9.17, 15) is 9.59 Å². The van der Waals surface area contributed by atoms with E-state index < -0.39 is 5.97 Å². The van der Waals surface area contributed by atoms with Crippen LogP contribution in [0.4, 0.5) is 5.69 Å². The van der Waals surface area contributed by atoms with Crippen LogP contribution in [0.5, 0.6) is 5.75 Å². The van der Waals surface area contributed by atoms with E-state index in [0.717, 1.165) is 5.56 Å². The van der Waals surface area contributed by atoms with Crippen molar-refractivity contribution in [3.8, 4) is 5.75 Å². The van der Waals surface area contributed by atoms with Gasteiger partial charge in [-0.05, 0) is 48.1 Å². The summed E-state index contributed by atoms with van der Waals surface area (Å²) in [6, 6.07) is 13.8. The van der Waals surface area contributed by atoms with Gasteiger partial charge >= 0.3 is 5.97 Å². The van der Waals surface area contributed by atoms with Crippen LogP contribution in [0.1, 0.15) is 15.9 Å². The average Bonchev–Trinajstić information content (AvgIpc) is 2.95. The topological polar surface area (TPSA) is 79.3 Å². The molecule has 1 aliphatic heterocycles. The molecule has 0 saturated carbocycles. The highest BCUT2D eigenvalue weighted by Gasteiger charge is 2.38. The average molecular weight is 412 g/mol. The highest BCUT2D eigenvalue weighted by Crippen LogP contribution is 2.31. The summed E-state index contributed by atoms with van der Waals surface area (Å²) in [4.78, 5) is 28.2. The van der Waals surface area contributed by atoms with Crippen LogP contribution >= 0.6 is 12.2 Å². The van der Waals surface area contributed by atoms with Gasteiger partial charge in [-0.25, -0.2) is 4.79 Å². The molecule has 0 aromatic heterocycles. The molecule has 29 heavy (non-hydrogen) atoms. The normalized spacial score (nSPS) is 15.2. The van der Waals surface area contributed by atoms with Gasteiger partial charge < -0.3 is 19.5 Å². The number of nitrogens with zero attached hydrogens (tertiary/aromatic N) is 2. The molecule has 0 unspecified atom stereocenters. The van der Waals surface area contributed by atoms with E-state index in [2.05, 4.69) is 0 Å².